The lowest BCUT2D eigenvalue weighted by atomic mass is 9.80. The Morgan fingerprint density at radius 2 is 2.00 bits per heavy atom. The summed E-state index contributed by atoms with van der Waals surface area (Å²) in [5, 5.41) is 2.37. The van der Waals surface area contributed by atoms with Crippen molar-refractivity contribution in [2.24, 2.45) is 5.41 Å². The number of amides is 1. The summed E-state index contributed by atoms with van der Waals surface area (Å²) in [6, 6.07) is 2.15. The number of alkyl halides is 3. The van der Waals surface area contributed by atoms with E-state index in [2.05, 4.69) is 5.32 Å². The molecule has 1 aromatic rings. The van der Waals surface area contributed by atoms with Crippen LogP contribution < -0.4 is 5.32 Å². The highest BCUT2D eigenvalue weighted by atomic mass is 19.4. The SMILES string of the molecule is CC1(C)COC(=O)N[C@@H]1c1cccc(C(F)(F)F)c1F. The summed E-state index contributed by atoms with van der Waals surface area (Å²) in [6.45, 7) is 3.35. The summed E-state index contributed by atoms with van der Waals surface area (Å²) in [7, 11) is 0. The van der Waals surface area contributed by atoms with Gasteiger partial charge in [0.25, 0.3) is 0 Å². The molecule has 3 nitrogen and oxygen atoms in total. The lowest BCUT2D eigenvalue weighted by molar-refractivity contribution is -0.140. The summed E-state index contributed by atoms with van der Waals surface area (Å²) < 4.78 is 57.0. The standard InChI is InChI=1S/C13H13F4NO2/c1-12(2)6-20-11(19)18-10(12)7-4-3-5-8(9(7)14)13(15,16)17/h3-5,10H,6H2,1-2H3,(H,18,19)/t10-/m1/s1. The molecule has 1 fully saturated rings. The summed E-state index contributed by atoms with van der Waals surface area (Å²) in [4.78, 5) is 11.2. The number of carbonyl (C=O) groups excluding carboxylic acids is 1. The first kappa shape index (κ1) is 14.6. The Hall–Kier alpha value is -1.79. The van der Waals surface area contributed by atoms with Crippen molar-refractivity contribution in [1.82, 2.24) is 5.32 Å². The molecule has 20 heavy (non-hydrogen) atoms. The normalized spacial score (nSPS) is 22.1. The van der Waals surface area contributed by atoms with Gasteiger partial charge >= 0.3 is 12.3 Å². The zero-order valence-electron chi connectivity index (χ0n) is 10.8. The molecule has 0 saturated carbocycles. The molecule has 2 rings (SSSR count). The van der Waals surface area contributed by atoms with Gasteiger partial charge in [-0.25, -0.2) is 9.18 Å². The lowest BCUT2D eigenvalue weighted by Crippen LogP contribution is -2.47. The van der Waals surface area contributed by atoms with E-state index in [1.807, 2.05) is 0 Å². The Labute approximate surface area is 112 Å². The van der Waals surface area contributed by atoms with Crippen molar-refractivity contribution in [3.8, 4) is 0 Å². The number of hydrogen-bond donors (Lipinski definition) is 1. The van der Waals surface area contributed by atoms with Crippen LogP contribution in [0.1, 0.15) is 31.0 Å². The van der Waals surface area contributed by atoms with E-state index in [-0.39, 0.29) is 12.2 Å². The van der Waals surface area contributed by atoms with E-state index in [1.54, 1.807) is 13.8 Å². The minimum atomic E-state index is -4.78. The Kier molecular flexibility index (Phi) is 3.39. The predicted octanol–water partition coefficient (Wildman–Crippen LogP) is 3.65. The highest BCUT2D eigenvalue weighted by Crippen LogP contribution is 2.40. The van der Waals surface area contributed by atoms with E-state index in [0.29, 0.717) is 6.07 Å². The third-order valence-electron chi connectivity index (χ3n) is 3.26. The first-order chi connectivity index (χ1) is 9.13. The van der Waals surface area contributed by atoms with Crippen LogP contribution in [0.3, 0.4) is 0 Å². The lowest BCUT2D eigenvalue weighted by Gasteiger charge is -2.38. The average Bonchev–Trinajstić information content (AvgIpc) is 2.31. The molecule has 0 aliphatic carbocycles. The maximum atomic E-state index is 14.1. The van der Waals surface area contributed by atoms with Crippen LogP contribution in [0.4, 0.5) is 22.4 Å². The number of ether oxygens (including phenoxy) is 1. The zero-order valence-corrected chi connectivity index (χ0v) is 10.8. The average molecular weight is 291 g/mol. The van der Waals surface area contributed by atoms with Crippen LogP contribution in [0, 0.1) is 11.2 Å². The van der Waals surface area contributed by atoms with Crippen LogP contribution in [-0.4, -0.2) is 12.7 Å². The molecule has 0 spiro atoms. The Morgan fingerprint density at radius 1 is 1.35 bits per heavy atom. The molecule has 0 bridgehead atoms. The van der Waals surface area contributed by atoms with E-state index in [0.717, 1.165) is 6.07 Å². The molecule has 110 valence electrons. The van der Waals surface area contributed by atoms with Gasteiger partial charge in [-0.1, -0.05) is 26.0 Å². The fraction of sp³-hybridized carbons (Fsp3) is 0.462. The van der Waals surface area contributed by atoms with Crippen molar-refractivity contribution in [3.63, 3.8) is 0 Å². The number of halogens is 4. The molecule has 1 amide bonds. The van der Waals surface area contributed by atoms with Gasteiger partial charge in [-0.3, -0.25) is 0 Å². The van der Waals surface area contributed by atoms with Crippen LogP contribution in [0.15, 0.2) is 18.2 Å². The second kappa shape index (κ2) is 4.64. The highest BCUT2D eigenvalue weighted by molar-refractivity contribution is 5.69. The number of alkyl carbamates (subject to hydrolysis) is 1. The van der Waals surface area contributed by atoms with Crippen molar-refractivity contribution in [3.05, 3.63) is 35.1 Å². The monoisotopic (exact) mass is 291 g/mol. The number of cyclic esters (lactones) is 1. The number of carbonyl (C=O) groups is 1. The largest absolute Gasteiger partial charge is 0.449 e. The third-order valence-corrected chi connectivity index (χ3v) is 3.26. The molecule has 1 aliphatic rings. The van der Waals surface area contributed by atoms with Gasteiger partial charge < -0.3 is 10.1 Å². The molecular formula is C13H13F4NO2. The van der Waals surface area contributed by atoms with Crippen molar-refractivity contribution < 1.29 is 27.1 Å². The molecule has 1 aromatic carbocycles. The van der Waals surface area contributed by atoms with Crippen LogP contribution in [-0.2, 0) is 10.9 Å². The van der Waals surface area contributed by atoms with Gasteiger partial charge in [0.15, 0.2) is 0 Å². The first-order valence-electron chi connectivity index (χ1n) is 5.92. The van der Waals surface area contributed by atoms with Gasteiger partial charge in [-0.2, -0.15) is 13.2 Å². The van der Waals surface area contributed by atoms with Crippen molar-refractivity contribution in [1.29, 1.82) is 0 Å². The van der Waals surface area contributed by atoms with Crippen molar-refractivity contribution >= 4 is 6.09 Å². The maximum Gasteiger partial charge on any atom is 0.419 e. The molecule has 1 N–H and O–H groups in total. The third kappa shape index (κ3) is 2.57. The van der Waals surface area contributed by atoms with Crippen molar-refractivity contribution in [2.45, 2.75) is 26.1 Å². The Morgan fingerprint density at radius 3 is 2.60 bits per heavy atom. The van der Waals surface area contributed by atoms with Crippen LogP contribution >= 0.6 is 0 Å². The van der Waals surface area contributed by atoms with Crippen molar-refractivity contribution in [2.75, 3.05) is 6.61 Å². The van der Waals surface area contributed by atoms with Gasteiger partial charge in [-0.05, 0) is 6.07 Å². The van der Waals surface area contributed by atoms with Gasteiger partial charge in [0.05, 0.1) is 11.6 Å². The number of benzene rings is 1. The van der Waals surface area contributed by atoms with Gasteiger partial charge in [0.2, 0.25) is 0 Å². The fourth-order valence-electron chi connectivity index (χ4n) is 2.18. The number of rotatable bonds is 1. The van der Waals surface area contributed by atoms with Crippen LogP contribution in [0.5, 0.6) is 0 Å². The maximum absolute atomic E-state index is 14.1. The predicted molar refractivity (Wildman–Crippen MR) is 62.4 cm³/mol. The number of nitrogens with one attached hydrogen (secondary N) is 1. The summed E-state index contributed by atoms with van der Waals surface area (Å²) in [6.07, 6.45) is -5.55. The molecular weight excluding hydrogens is 278 g/mol. The minimum Gasteiger partial charge on any atom is -0.449 e. The first-order valence-corrected chi connectivity index (χ1v) is 5.92. The fourth-order valence-corrected chi connectivity index (χ4v) is 2.18. The molecule has 0 unspecified atom stereocenters. The van der Waals surface area contributed by atoms with E-state index in [1.165, 1.54) is 6.07 Å². The smallest absolute Gasteiger partial charge is 0.419 e. The molecule has 7 heteroatoms. The summed E-state index contributed by atoms with van der Waals surface area (Å²) in [5.41, 5.74) is -2.26. The van der Waals surface area contributed by atoms with E-state index in [4.69, 9.17) is 4.74 Å². The second-order valence-corrected chi connectivity index (χ2v) is 5.35. The van der Waals surface area contributed by atoms with E-state index in [9.17, 15) is 22.4 Å². The molecule has 1 heterocycles. The van der Waals surface area contributed by atoms with Crippen LogP contribution in [0.25, 0.3) is 0 Å². The molecule has 1 aliphatic heterocycles. The number of hydrogen-bond acceptors (Lipinski definition) is 2. The highest BCUT2D eigenvalue weighted by Gasteiger charge is 2.42. The summed E-state index contributed by atoms with van der Waals surface area (Å²) >= 11 is 0. The molecule has 1 saturated heterocycles. The Bertz CT molecular complexity index is 540. The van der Waals surface area contributed by atoms with Crippen LogP contribution in [0.2, 0.25) is 0 Å². The second-order valence-electron chi connectivity index (χ2n) is 5.35. The topological polar surface area (TPSA) is 38.3 Å². The summed E-state index contributed by atoms with van der Waals surface area (Å²) in [5.74, 6) is -1.36. The quantitative estimate of drug-likeness (QED) is 0.802. The van der Waals surface area contributed by atoms with Gasteiger partial charge in [0.1, 0.15) is 12.4 Å². The molecule has 0 aromatic heterocycles. The van der Waals surface area contributed by atoms with E-state index >= 15 is 0 Å². The molecule has 1 atom stereocenters. The molecule has 0 radical (unpaired) electrons. The van der Waals surface area contributed by atoms with E-state index < -0.39 is 35.1 Å². The Balaban J connectivity index is 2.49. The van der Waals surface area contributed by atoms with Gasteiger partial charge in [0, 0.05) is 11.0 Å². The van der Waals surface area contributed by atoms with Gasteiger partial charge in [-0.15, -0.1) is 0 Å². The zero-order chi connectivity index (χ0) is 15.1. The minimum absolute atomic E-state index is 0.000808.